The van der Waals surface area contributed by atoms with Crippen molar-refractivity contribution in [3.63, 3.8) is 0 Å². The number of rotatable bonds is 8. The average Bonchev–Trinajstić information content (AvgIpc) is 3.39. The Balaban J connectivity index is 1.27. The standard InChI is InChI=1S/C30H37N3O4S/c1-20-4-7-28(37-18-24-6-5-23(15-21(24)2)17-32-10-12-36-13-11-32)26(14-20)27-19-38-30(31-27)33-9-8-25(29(34)35)22(3)16-33/h4-7,14-15,19,22,25H,8-13,16-18H2,1-3H3,(H,34,35). The Morgan fingerprint density at radius 1 is 1.16 bits per heavy atom. The zero-order chi connectivity index (χ0) is 26.6. The monoisotopic (exact) mass is 535 g/mol. The van der Waals surface area contributed by atoms with Gasteiger partial charge in [-0.2, -0.15) is 0 Å². The van der Waals surface area contributed by atoms with Gasteiger partial charge in [0.15, 0.2) is 5.13 Å². The first-order chi connectivity index (χ1) is 18.4. The number of carbonyl (C=O) groups is 1. The van der Waals surface area contributed by atoms with E-state index in [0.29, 0.717) is 26.1 Å². The molecule has 5 rings (SSSR count). The summed E-state index contributed by atoms with van der Waals surface area (Å²) in [6.07, 6.45) is 0.648. The molecule has 0 aliphatic carbocycles. The lowest BCUT2D eigenvalue weighted by Crippen LogP contribution is -2.42. The highest BCUT2D eigenvalue weighted by molar-refractivity contribution is 7.14. The van der Waals surface area contributed by atoms with Crippen molar-refractivity contribution in [3.05, 3.63) is 64.0 Å². The average molecular weight is 536 g/mol. The fourth-order valence-corrected chi connectivity index (χ4v) is 6.24. The Labute approximate surface area is 229 Å². The van der Waals surface area contributed by atoms with E-state index in [1.54, 1.807) is 11.3 Å². The molecule has 1 N–H and O–H groups in total. The number of aromatic nitrogens is 1. The Hall–Kier alpha value is -2.94. The molecule has 0 radical (unpaired) electrons. The van der Waals surface area contributed by atoms with Crippen LogP contribution < -0.4 is 9.64 Å². The van der Waals surface area contributed by atoms with Gasteiger partial charge >= 0.3 is 5.97 Å². The number of hydrogen-bond donors (Lipinski definition) is 1. The molecule has 2 fully saturated rings. The van der Waals surface area contributed by atoms with Crippen LogP contribution in [0.25, 0.3) is 11.3 Å². The van der Waals surface area contributed by atoms with Crippen LogP contribution in [-0.2, 0) is 22.7 Å². The maximum atomic E-state index is 11.5. The van der Waals surface area contributed by atoms with Gasteiger partial charge < -0.3 is 19.5 Å². The summed E-state index contributed by atoms with van der Waals surface area (Å²) in [5.74, 6) is -0.0583. The number of ether oxygens (including phenoxy) is 2. The van der Waals surface area contributed by atoms with Crippen LogP contribution in [0.15, 0.2) is 41.8 Å². The molecule has 0 bridgehead atoms. The van der Waals surface area contributed by atoms with Gasteiger partial charge in [0.25, 0.3) is 0 Å². The van der Waals surface area contributed by atoms with Crippen molar-refractivity contribution in [2.45, 2.75) is 40.3 Å². The van der Waals surface area contributed by atoms with E-state index in [-0.39, 0.29) is 11.8 Å². The van der Waals surface area contributed by atoms with Crippen molar-refractivity contribution in [2.75, 3.05) is 44.3 Å². The number of nitrogens with zero attached hydrogens (tertiary/aromatic N) is 3. The van der Waals surface area contributed by atoms with E-state index in [4.69, 9.17) is 14.5 Å². The number of benzene rings is 2. The molecule has 1 aromatic heterocycles. The van der Waals surface area contributed by atoms with Gasteiger partial charge in [-0.3, -0.25) is 9.69 Å². The molecule has 3 heterocycles. The minimum atomic E-state index is -0.694. The summed E-state index contributed by atoms with van der Waals surface area (Å²) in [5, 5.41) is 12.5. The number of piperidine rings is 1. The van der Waals surface area contributed by atoms with E-state index in [0.717, 1.165) is 60.5 Å². The summed E-state index contributed by atoms with van der Waals surface area (Å²) in [6, 6.07) is 12.9. The molecule has 2 aliphatic heterocycles. The zero-order valence-corrected chi connectivity index (χ0v) is 23.3. The van der Waals surface area contributed by atoms with Crippen molar-refractivity contribution >= 4 is 22.4 Å². The van der Waals surface area contributed by atoms with Crippen LogP contribution in [0.5, 0.6) is 5.75 Å². The fourth-order valence-electron chi connectivity index (χ4n) is 5.38. The Bertz CT molecular complexity index is 1270. The molecule has 2 aromatic carbocycles. The van der Waals surface area contributed by atoms with Gasteiger partial charge in [0.2, 0.25) is 0 Å². The Morgan fingerprint density at radius 3 is 2.71 bits per heavy atom. The van der Waals surface area contributed by atoms with E-state index in [1.807, 2.05) is 13.0 Å². The van der Waals surface area contributed by atoms with Gasteiger partial charge in [0, 0.05) is 43.7 Å². The summed E-state index contributed by atoms with van der Waals surface area (Å²) in [4.78, 5) is 21.1. The number of hydrogen-bond acceptors (Lipinski definition) is 7. The quantitative estimate of drug-likeness (QED) is 0.415. The van der Waals surface area contributed by atoms with Crippen LogP contribution in [0.4, 0.5) is 5.13 Å². The number of aliphatic carboxylic acids is 1. The predicted molar refractivity (Wildman–Crippen MR) is 151 cm³/mol. The van der Waals surface area contributed by atoms with Crippen LogP contribution in [0.1, 0.15) is 35.6 Å². The minimum absolute atomic E-state index is 0.0926. The summed E-state index contributed by atoms with van der Waals surface area (Å²) in [6.45, 7) is 12.7. The highest BCUT2D eigenvalue weighted by Gasteiger charge is 2.32. The number of aryl methyl sites for hydroxylation is 2. The molecule has 0 spiro atoms. The van der Waals surface area contributed by atoms with Crippen molar-refractivity contribution in [3.8, 4) is 17.0 Å². The zero-order valence-electron chi connectivity index (χ0n) is 22.5. The lowest BCUT2D eigenvalue weighted by atomic mass is 9.87. The molecule has 38 heavy (non-hydrogen) atoms. The van der Waals surface area contributed by atoms with Gasteiger partial charge in [0.05, 0.1) is 24.8 Å². The number of thiazole rings is 1. The van der Waals surface area contributed by atoms with Gasteiger partial charge in [-0.1, -0.05) is 36.8 Å². The molecule has 7 nitrogen and oxygen atoms in total. The first-order valence-electron chi connectivity index (χ1n) is 13.4. The first-order valence-corrected chi connectivity index (χ1v) is 14.3. The van der Waals surface area contributed by atoms with Crippen molar-refractivity contribution < 1.29 is 19.4 Å². The van der Waals surface area contributed by atoms with E-state index in [9.17, 15) is 9.90 Å². The second kappa shape index (κ2) is 11.8. The van der Waals surface area contributed by atoms with Gasteiger partial charge in [-0.15, -0.1) is 11.3 Å². The molecule has 8 heteroatoms. The fraction of sp³-hybridized carbons (Fsp3) is 0.467. The second-order valence-electron chi connectivity index (χ2n) is 10.6. The molecule has 0 amide bonds. The number of carboxylic acid groups (broad SMARTS) is 1. The van der Waals surface area contributed by atoms with Gasteiger partial charge in [-0.25, -0.2) is 4.98 Å². The first kappa shape index (κ1) is 26.7. The van der Waals surface area contributed by atoms with Crippen LogP contribution in [0, 0.1) is 25.7 Å². The Kier molecular flexibility index (Phi) is 8.31. The lowest BCUT2D eigenvalue weighted by molar-refractivity contribution is -0.144. The summed E-state index contributed by atoms with van der Waals surface area (Å²) in [7, 11) is 0. The minimum Gasteiger partial charge on any atom is -0.488 e. The van der Waals surface area contributed by atoms with Gasteiger partial charge in [0.1, 0.15) is 12.4 Å². The smallest absolute Gasteiger partial charge is 0.306 e. The van der Waals surface area contributed by atoms with Crippen LogP contribution in [0.3, 0.4) is 0 Å². The molecule has 0 saturated carbocycles. The molecular weight excluding hydrogens is 498 g/mol. The van der Waals surface area contributed by atoms with Crippen LogP contribution in [0.2, 0.25) is 0 Å². The van der Waals surface area contributed by atoms with Crippen LogP contribution >= 0.6 is 11.3 Å². The van der Waals surface area contributed by atoms with E-state index >= 15 is 0 Å². The topological polar surface area (TPSA) is 75.1 Å². The third-order valence-corrected chi connectivity index (χ3v) is 8.60. The van der Waals surface area contributed by atoms with Gasteiger partial charge in [-0.05, 0) is 55.0 Å². The maximum Gasteiger partial charge on any atom is 0.306 e. The summed E-state index contributed by atoms with van der Waals surface area (Å²) < 4.78 is 11.8. The predicted octanol–water partition coefficient (Wildman–Crippen LogP) is 5.39. The van der Waals surface area contributed by atoms with E-state index in [1.165, 1.54) is 16.7 Å². The molecule has 202 valence electrons. The third kappa shape index (κ3) is 6.20. The third-order valence-electron chi connectivity index (χ3n) is 7.70. The van der Waals surface area contributed by atoms with Crippen LogP contribution in [-0.4, -0.2) is 60.4 Å². The van der Waals surface area contributed by atoms with Crippen molar-refractivity contribution in [1.29, 1.82) is 0 Å². The highest BCUT2D eigenvalue weighted by Crippen LogP contribution is 2.36. The van der Waals surface area contributed by atoms with E-state index in [2.05, 4.69) is 59.4 Å². The number of anilines is 1. The molecule has 3 aromatic rings. The number of carboxylic acids is 1. The Morgan fingerprint density at radius 2 is 1.97 bits per heavy atom. The molecular formula is C30H37N3O4S. The van der Waals surface area contributed by atoms with Crippen molar-refractivity contribution in [2.24, 2.45) is 11.8 Å². The SMILES string of the molecule is Cc1ccc(OCc2ccc(CN3CCOCC3)cc2C)c(-c2csc(N3CCC(C(=O)O)C(C)C3)n2)c1. The highest BCUT2D eigenvalue weighted by atomic mass is 32.1. The molecule has 2 saturated heterocycles. The number of morpholine rings is 1. The van der Waals surface area contributed by atoms with E-state index < -0.39 is 5.97 Å². The molecule has 2 aliphatic rings. The molecule has 2 unspecified atom stereocenters. The second-order valence-corrected chi connectivity index (χ2v) is 11.4. The normalized spacial score (nSPS) is 20.4. The van der Waals surface area contributed by atoms with Crippen molar-refractivity contribution in [1.82, 2.24) is 9.88 Å². The summed E-state index contributed by atoms with van der Waals surface area (Å²) >= 11 is 1.61. The maximum absolute atomic E-state index is 11.5. The molecule has 2 atom stereocenters. The summed E-state index contributed by atoms with van der Waals surface area (Å²) in [5.41, 5.74) is 6.77. The largest absolute Gasteiger partial charge is 0.488 e. The lowest BCUT2D eigenvalue weighted by Gasteiger charge is -2.34.